The molecule has 19 heavy (non-hydrogen) atoms. The van der Waals surface area contributed by atoms with Gasteiger partial charge in [0.25, 0.3) is 0 Å². The maximum atomic E-state index is 4.65. The fraction of sp³-hybridized carbons (Fsp3) is 0.733. The Morgan fingerprint density at radius 2 is 1.74 bits per heavy atom. The molecule has 0 radical (unpaired) electrons. The Morgan fingerprint density at radius 3 is 2.26 bits per heavy atom. The van der Waals surface area contributed by atoms with E-state index in [0.29, 0.717) is 0 Å². The van der Waals surface area contributed by atoms with Crippen molar-refractivity contribution in [3.05, 3.63) is 11.4 Å². The van der Waals surface area contributed by atoms with Crippen LogP contribution in [-0.2, 0) is 6.42 Å². The summed E-state index contributed by atoms with van der Waals surface area (Å²) in [5.74, 6) is 2.80. The van der Waals surface area contributed by atoms with Crippen LogP contribution in [-0.4, -0.2) is 23.6 Å². The van der Waals surface area contributed by atoms with Crippen molar-refractivity contribution in [1.82, 2.24) is 9.97 Å². The van der Waals surface area contributed by atoms with Crippen LogP contribution in [0.15, 0.2) is 0 Å². The lowest BCUT2D eigenvalue weighted by Gasteiger charge is -2.24. The fourth-order valence-corrected chi connectivity index (χ4v) is 1.76. The van der Waals surface area contributed by atoms with Crippen molar-refractivity contribution in [2.24, 2.45) is 5.41 Å². The number of anilines is 2. The maximum Gasteiger partial charge on any atom is 0.134 e. The van der Waals surface area contributed by atoms with Gasteiger partial charge in [0.15, 0.2) is 0 Å². The third-order valence-corrected chi connectivity index (χ3v) is 3.59. The number of nitrogens with one attached hydrogen (secondary N) is 2. The minimum Gasteiger partial charge on any atom is -0.373 e. The van der Waals surface area contributed by atoms with Crippen LogP contribution < -0.4 is 10.6 Å². The van der Waals surface area contributed by atoms with E-state index in [0.717, 1.165) is 48.8 Å². The average Bonchev–Trinajstić information content (AvgIpc) is 2.39. The first-order chi connectivity index (χ1) is 8.93. The fourth-order valence-electron chi connectivity index (χ4n) is 1.76. The Kier molecular flexibility index (Phi) is 5.58. The molecule has 108 valence electrons. The highest BCUT2D eigenvalue weighted by molar-refractivity contribution is 5.57. The predicted molar refractivity (Wildman–Crippen MR) is 82.9 cm³/mol. The lowest BCUT2D eigenvalue weighted by atomic mass is 9.90. The molecule has 0 atom stereocenters. The Hall–Kier alpha value is -1.32. The summed E-state index contributed by atoms with van der Waals surface area (Å²) < 4.78 is 0. The molecule has 0 aliphatic carbocycles. The van der Waals surface area contributed by atoms with Gasteiger partial charge in [-0.1, -0.05) is 27.7 Å². The molecular weight excluding hydrogens is 236 g/mol. The molecule has 4 heteroatoms. The van der Waals surface area contributed by atoms with Crippen molar-refractivity contribution in [2.45, 2.75) is 53.9 Å². The first-order valence-corrected chi connectivity index (χ1v) is 7.22. The Labute approximate surface area is 117 Å². The van der Waals surface area contributed by atoms with E-state index in [1.54, 1.807) is 0 Å². The van der Waals surface area contributed by atoms with Crippen LogP contribution in [0.4, 0.5) is 11.6 Å². The summed E-state index contributed by atoms with van der Waals surface area (Å²) >= 11 is 0. The van der Waals surface area contributed by atoms with Crippen LogP contribution >= 0.6 is 0 Å². The molecule has 0 saturated carbocycles. The van der Waals surface area contributed by atoms with E-state index in [2.05, 4.69) is 55.2 Å². The van der Waals surface area contributed by atoms with Gasteiger partial charge in [0, 0.05) is 25.6 Å². The third kappa shape index (κ3) is 4.37. The van der Waals surface area contributed by atoms with Gasteiger partial charge in [-0.05, 0) is 25.2 Å². The first kappa shape index (κ1) is 15.7. The summed E-state index contributed by atoms with van der Waals surface area (Å²) in [6, 6.07) is 0. The van der Waals surface area contributed by atoms with Crippen LogP contribution in [0.2, 0.25) is 0 Å². The molecule has 0 aliphatic heterocycles. The van der Waals surface area contributed by atoms with Gasteiger partial charge in [-0.25, -0.2) is 9.97 Å². The molecular formula is C15H28N4. The Balaban J connectivity index is 2.95. The van der Waals surface area contributed by atoms with Gasteiger partial charge >= 0.3 is 0 Å². The van der Waals surface area contributed by atoms with Gasteiger partial charge < -0.3 is 10.6 Å². The van der Waals surface area contributed by atoms with Crippen LogP contribution in [0.25, 0.3) is 0 Å². The van der Waals surface area contributed by atoms with Gasteiger partial charge in [0.1, 0.15) is 17.5 Å². The standard InChI is InChI=1S/C15H28N4/c1-7-9-12-18-13(16-6)11(3)14(19-12)17-10-15(4,5)8-2/h7-10H2,1-6H3,(H2,16,17,18,19). The molecule has 0 saturated heterocycles. The second kappa shape index (κ2) is 6.73. The molecule has 1 aromatic rings. The molecule has 4 nitrogen and oxygen atoms in total. The monoisotopic (exact) mass is 264 g/mol. The van der Waals surface area contributed by atoms with E-state index in [4.69, 9.17) is 0 Å². The topological polar surface area (TPSA) is 49.8 Å². The second-order valence-electron chi connectivity index (χ2n) is 5.83. The van der Waals surface area contributed by atoms with E-state index < -0.39 is 0 Å². The van der Waals surface area contributed by atoms with E-state index in [1.165, 1.54) is 0 Å². The van der Waals surface area contributed by atoms with Crippen molar-refractivity contribution >= 4 is 11.6 Å². The highest BCUT2D eigenvalue weighted by Gasteiger charge is 2.16. The van der Waals surface area contributed by atoms with E-state index in [1.807, 2.05) is 7.05 Å². The highest BCUT2D eigenvalue weighted by Crippen LogP contribution is 2.24. The summed E-state index contributed by atoms with van der Waals surface area (Å²) in [7, 11) is 1.91. The molecule has 1 rings (SSSR count). The summed E-state index contributed by atoms with van der Waals surface area (Å²) in [4.78, 5) is 9.19. The third-order valence-electron chi connectivity index (χ3n) is 3.59. The largest absolute Gasteiger partial charge is 0.373 e. The van der Waals surface area contributed by atoms with Crippen molar-refractivity contribution in [1.29, 1.82) is 0 Å². The summed E-state index contributed by atoms with van der Waals surface area (Å²) in [5.41, 5.74) is 1.37. The number of aromatic nitrogens is 2. The number of hydrogen-bond acceptors (Lipinski definition) is 4. The maximum absolute atomic E-state index is 4.65. The average molecular weight is 264 g/mol. The van der Waals surface area contributed by atoms with Gasteiger partial charge in [0.2, 0.25) is 0 Å². The first-order valence-electron chi connectivity index (χ1n) is 7.22. The quantitative estimate of drug-likeness (QED) is 0.789. The Morgan fingerprint density at radius 1 is 1.11 bits per heavy atom. The van der Waals surface area contributed by atoms with Gasteiger partial charge in [-0.15, -0.1) is 0 Å². The lowest BCUT2D eigenvalue weighted by Crippen LogP contribution is -2.23. The molecule has 0 fully saturated rings. The molecule has 2 N–H and O–H groups in total. The SMILES string of the molecule is CCCc1nc(NC)c(C)c(NCC(C)(C)CC)n1. The molecule has 0 bridgehead atoms. The zero-order chi connectivity index (χ0) is 14.5. The summed E-state index contributed by atoms with van der Waals surface area (Å²) in [5, 5.41) is 6.64. The van der Waals surface area contributed by atoms with Crippen LogP contribution in [0, 0.1) is 12.3 Å². The van der Waals surface area contributed by atoms with Crippen molar-refractivity contribution in [2.75, 3.05) is 24.2 Å². The van der Waals surface area contributed by atoms with Crippen LogP contribution in [0.1, 0.15) is 51.9 Å². The molecule has 0 amide bonds. The van der Waals surface area contributed by atoms with Crippen molar-refractivity contribution in [3.8, 4) is 0 Å². The number of hydrogen-bond donors (Lipinski definition) is 2. The molecule has 0 aromatic carbocycles. The van der Waals surface area contributed by atoms with E-state index >= 15 is 0 Å². The Bertz CT molecular complexity index is 413. The zero-order valence-electron chi connectivity index (χ0n) is 13.2. The number of nitrogens with zero attached hydrogens (tertiary/aromatic N) is 2. The van der Waals surface area contributed by atoms with Crippen molar-refractivity contribution in [3.63, 3.8) is 0 Å². The molecule has 1 heterocycles. The predicted octanol–water partition coefficient (Wildman–Crippen LogP) is 3.63. The van der Waals surface area contributed by atoms with Crippen molar-refractivity contribution < 1.29 is 0 Å². The van der Waals surface area contributed by atoms with Gasteiger partial charge in [-0.3, -0.25) is 0 Å². The van der Waals surface area contributed by atoms with Crippen LogP contribution in [0.3, 0.4) is 0 Å². The van der Waals surface area contributed by atoms with Gasteiger partial charge in [-0.2, -0.15) is 0 Å². The number of aryl methyl sites for hydroxylation is 1. The normalized spacial score (nSPS) is 11.5. The molecule has 0 aliphatic rings. The van der Waals surface area contributed by atoms with Crippen LogP contribution in [0.5, 0.6) is 0 Å². The minimum atomic E-state index is 0.280. The lowest BCUT2D eigenvalue weighted by molar-refractivity contribution is 0.376. The molecule has 1 aromatic heterocycles. The van der Waals surface area contributed by atoms with E-state index in [-0.39, 0.29) is 5.41 Å². The molecule has 0 spiro atoms. The molecule has 0 unspecified atom stereocenters. The summed E-state index contributed by atoms with van der Waals surface area (Å²) in [6.45, 7) is 11.9. The smallest absolute Gasteiger partial charge is 0.134 e. The zero-order valence-corrected chi connectivity index (χ0v) is 13.2. The summed E-state index contributed by atoms with van der Waals surface area (Å²) in [6.07, 6.45) is 3.12. The number of rotatable bonds is 7. The highest BCUT2D eigenvalue weighted by atomic mass is 15.1. The van der Waals surface area contributed by atoms with E-state index in [9.17, 15) is 0 Å². The second-order valence-corrected chi connectivity index (χ2v) is 5.83. The van der Waals surface area contributed by atoms with Gasteiger partial charge in [0.05, 0.1) is 0 Å². The minimum absolute atomic E-state index is 0.280.